The third-order valence-electron chi connectivity index (χ3n) is 7.37. The zero-order valence-electron chi connectivity index (χ0n) is 20.8. The Labute approximate surface area is 222 Å². The van der Waals surface area contributed by atoms with Crippen molar-refractivity contribution in [1.82, 2.24) is 24.6 Å². The summed E-state index contributed by atoms with van der Waals surface area (Å²) in [4.78, 5) is 23.3. The zero-order valence-corrected chi connectivity index (χ0v) is 20.8. The lowest BCUT2D eigenvalue weighted by Gasteiger charge is -2.39. The Balaban J connectivity index is 1.33. The molecule has 0 unspecified atom stereocenters. The maximum Gasteiger partial charge on any atom is 0.299 e. The molecule has 1 aliphatic heterocycles. The monoisotopic (exact) mass is 530 g/mol. The fraction of sp³-hybridized carbons (Fsp3) is 0.286. The van der Waals surface area contributed by atoms with Crippen molar-refractivity contribution in [3.8, 4) is 34.6 Å². The number of aromatic nitrogens is 4. The lowest BCUT2D eigenvalue weighted by molar-refractivity contribution is -0.130. The van der Waals surface area contributed by atoms with Crippen molar-refractivity contribution in [2.24, 2.45) is 0 Å². The van der Waals surface area contributed by atoms with Gasteiger partial charge in [0.15, 0.2) is 17.2 Å². The summed E-state index contributed by atoms with van der Waals surface area (Å²) in [5, 5.41) is 14.5. The Morgan fingerprint density at radius 1 is 1.15 bits per heavy atom. The summed E-state index contributed by atoms with van der Waals surface area (Å²) in [5.41, 5.74) is 7.93. The third-order valence-corrected chi connectivity index (χ3v) is 7.37. The molecule has 2 aliphatic rings. The number of benzene rings is 2. The van der Waals surface area contributed by atoms with Gasteiger partial charge in [-0.05, 0) is 68.0 Å². The smallest absolute Gasteiger partial charge is 0.299 e. The molecule has 1 atom stereocenters. The summed E-state index contributed by atoms with van der Waals surface area (Å²) >= 11 is 0. The normalized spacial score (nSPS) is 17.6. The minimum atomic E-state index is -0.802. The van der Waals surface area contributed by atoms with E-state index in [2.05, 4.69) is 21.8 Å². The topological polar surface area (TPSA) is 119 Å². The molecule has 0 bridgehead atoms. The molecule has 3 heterocycles. The van der Waals surface area contributed by atoms with Crippen molar-refractivity contribution in [2.45, 2.75) is 37.3 Å². The second kappa shape index (κ2) is 9.63. The van der Waals surface area contributed by atoms with E-state index in [1.54, 1.807) is 28.9 Å². The largest absolute Gasteiger partial charge is 0.454 e. The molecule has 2 aromatic heterocycles. The van der Waals surface area contributed by atoms with Crippen LogP contribution in [0.15, 0.2) is 48.8 Å². The van der Waals surface area contributed by atoms with Gasteiger partial charge < -0.3 is 20.5 Å². The number of rotatable bonds is 4. The quantitative estimate of drug-likeness (QED) is 0.385. The highest BCUT2D eigenvalue weighted by Crippen LogP contribution is 2.50. The molecule has 9 nitrogen and oxygen atoms in total. The highest BCUT2D eigenvalue weighted by molar-refractivity contribution is 5.98. The number of aliphatic hydroxyl groups is 1. The Bertz CT molecular complexity index is 1640. The lowest BCUT2D eigenvalue weighted by atomic mass is 9.96. The van der Waals surface area contributed by atoms with Crippen LogP contribution in [-0.2, 0) is 4.79 Å². The summed E-state index contributed by atoms with van der Waals surface area (Å²) in [6, 6.07) is 9.78. The number of nitrogen functional groups attached to an aromatic ring is 1. The average Bonchev–Trinajstić information content (AvgIpc) is 3.59. The maximum atomic E-state index is 14.0. The summed E-state index contributed by atoms with van der Waals surface area (Å²) in [6.07, 6.45) is 4.86. The van der Waals surface area contributed by atoms with E-state index in [-0.39, 0.29) is 35.7 Å². The van der Waals surface area contributed by atoms with Crippen LogP contribution in [0.5, 0.6) is 11.5 Å². The molecule has 39 heavy (non-hydrogen) atoms. The molecular formula is C28H24F2N6O3. The van der Waals surface area contributed by atoms with Gasteiger partial charge in [0, 0.05) is 23.7 Å². The van der Waals surface area contributed by atoms with Crippen LogP contribution in [0.1, 0.15) is 31.7 Å². The van der Waals surface area contributed by atoms with Crippen molar-refractivity contribution in [2.75, 3.05) is 18.9 Å². The van der Waals surface area contributed by atoms with Crippen molar-refractivity contribution < 1.29 is 23.4 Å². The molecule has 11 heteroatoms. The number of carbonyl (C=O) groups excluding carboxylic acids is 1. The van der Waals surface area contributed by atoms with Gasteiger partial charge in [0.25, 0.3) is 5.91 Å². The summed E-state index contributed by atoms with van der Waals surface area (Å²) in [6.45, 7) is 0.0388. The second-order valence-electron chi connectivity index (χ2n) is 9.74. The number of aliphatic hydroxyl groups excluding tert-OH is 1. The van der Waals surface area contributed by atoms with Crippen LogP contribution in [0.3, 0.4) is 0 Å². The van der Waals surface area contributed by atoms with Crippen LogP contribution in [0.2, 0.25) is 0 Å². The predicted molar refractivity (Wildman–Crippen MR) is 138 cm³/mol. The van der Waals surface area contributed by atoms with Crippen LogP contribution in [-0.4, -0.2) is 54.4 Å². The lowest BCUT2D eigenvalue weighted by Crippen LogP contribution is -2.48. The molecular weight excluding hydrogens is 506 g/mol. The SMILES string of the molecule is Nc1ncnc2c1c(-c1ccc(Oc3ccc(F)cc3F)cc1)nn2[C@@H]1CCC2(CC2)N(C(=O)C#CCO)C1. The van der Waals surface area contributed by atoms with E-state index in [1.165, 1.54) is 12.4 Å². The number of hydrogen-bond donors (Lipinski definition) is 2. The van der Waals surface area contributed by atoms with Crippen LogP contribution in [0, 0.1) is 23.5 Å². The van der Waals surface area contributed by atoms with Gasteiger partial charge in [-0.3, -0.25) is 4.79 Å². The van der Waals surface area contributed by atoms with Gasteiger partial charge in [-0.1, -0.05) is 5.92 Å². The van der Waals surface area contributed by atoms with Gasteiger partial charge in [0.1, 0.15) is 36.0 Å². The van der Waals surface area contributed by atoms with Gasteiger partial charge in [-0.15, -0.1) is 0 Å². The molecule has 2 fully saturated rings. The van der Waals surface area contributed by atoms with Crippen molar-refractivity contribution in [1.29, 1.82) is 0 Å². The van der Waals surface area contributed by atoms with Crippen LogP contribution in [0.25, 0.3) is 22.3 Å². The van der Waals surface area contributed by atoms with Crippen molar-refractivity contribution >= 4 is 22.8 Å². The van der Waals surface area contributed by atoms with E-state index >= 15 is 0 Å². The minimum absolute atomic E-state index is 0.0926. The fourth-order valence-corrected chi connectivity index (χ4v) is 5.23. The van der Waals surface area contributed by atoms with E-state index in [1.807, 2.05) is 4.90 Å². The van der Waals surface area contributed by atoms with Gasteiger partial charge in [-0.2, -0.15) is 5.10 Å². The summed E-state index contributed by atoms with van der Waals surface area (Å²) in [7, 11) is 0. The number of halogens is 2. The molecule has 6 rings (SSSR count). The summed E-state index contributed by atoms with van der Waals surface area (Å²) < 4.78 is 34.6. The van der Waals surface area contributed by atoms with Crippen molar-refractivity contribution in [3.05, 3.63) is 60.4 Å². The molecule has 4 aromatic rings. The van der Waals surface area contributed by atoms with E-state index in [0.717, 1.165) is 37.8 Å². The Hall–Kier alpha value is -4.56. The molecule has 1 saturated carbocycles. The number of nitrogens with two attached hydrogens (primary N) is 1. The van der Waals surface area contributed by atoms with Crippen molar-refractivity contribution in [3.63, 3.8) is 0 Å². The number of piperidine rings is 1. The number of amides is 1. The first-order chi connectivity index (χ1) is 18.9. The number of ether oxygens (including phenoxy) is 1. The molecule has 1 spiro atoms. The van der Waals surface area contributed by atoms with Gasteiger partial charge in [0.2, 0.25) is 0 Å². The average molecular weight is 531 g/mol. The van der Waals surface area contributed by atoms with Gasteiger partial charge >= 0.3 is 0 Å². The first-order valence-corrected chi connectivity index (χ1v) is 12.5. The summed E-state index contributed by atoms with van der Waals surface area (Å²) in [5.74, 6) is 3.74. The molecule has 2 aromatic carbocycles. The van der Waals surface area contributed by atoms with Gasteiger partial charge in [-0.25, -0.2) is 23.4 Å². The molecule has 1 aliphatic carbocycles. The van der Waals surface area contributed by atoms with Crippen LogP contribution in [0.4, 0.5) is 14.6 Å². The number of fused-ring (bicyclic) bond motifs is 1. The van der Waals surface area contributed by atoms with Gasteiger partial charge in [0.05, 0.1) is 11.4 Å². The zero-order chi connectivity index (χ0) is 27.1. The highest BCUT2D eigenvalue weighted by Gasteiger charge is 2.53. The Morgan fingerprint density at radius 3 is 2.67 bits per heavy atom. The van der Waals surface area contributed by atoms with Crippen LogP contribution < -0.4 is 10.5 Å². The molecule has 0 radical (unpaired) electrons. The third kappa shape index (κ3) is 4.53. The van der Waals surface area contributed by atoms with E-state index in [9.17, 15) is 13.6 Å². The predicted octanol–water partition coefficient (Wildman–Crippen LogP) is 3.84. The van der Waals surface area contributed by atoms with E-state index in [0.29, 0.717) is 34.6 Å². The van der Waals surface area contributed by atoms with Crippen LogP contribution >= 0.6 is 0 Å². The number of hydrogen-bond acceptors (Lipinski definition) is 7. The molecule has 198 valence electrons. The Morgan fingerprint density at radius 2 is 1.95 bits per heavy atom. The first-order valence-electron chi connectivity index (χ1n) is 12.5. The number of anilines is 1. The standard InChI is InChI=1S/C28H24F2N6O3/c29-18-5-8-22(21(30)14-18)39-20-6-3-17(4-7-20)25-24-26(31)32-16-33-27(24)36(34-25)19-9-10-28(11-12-28)35(15-19)23(38)2-1-13-37/h3-8,14,16,19,37H,9-13,15H2,(H2,31,32,33)/t19-/m1/s1. The fourth-order valence-electron chi connectivity index (χ4n) is 5.23. The number of likely N-dealkylation sites (tertiary alicyclic amines) is 1. The highest BCUT2D eigenvalue weighted by atomic mass is 19.1. The molecule has 1 amide bonds. The number of carbonyl (C=O) groups is 1. The Kier molecular flexibility index (Phi) is 6.12. The first kappa shape index (κ1) is 24.8. The van der Waals surface area contributed by atoms with E-state index in [4.69, 9.17) is 20.7 Å². The molecule has 1 saturated heterocycles. The van der Waals surface area contributed by atoms with E-state index < -0.39 is 11.6 Å². The molecule has 3 N–H and O–H groups in total. The number of nitrogens with zero attached hydrogens (tertiary/aromatic N) is 5. The minimum Gasteiger partial charge on any atom is -0.454 e. The maximum absolute atomic E-state index is 14.0. The second-order valence-corrected chi connectivity index (χ2v) is 9.74.